The van der Waals surface area contributed by atoms with E-state index in [9.17, 15) is 9.36 Å². The molecule has 1 saturated carbocycles. The van der Waals surface area contributed by atoms with Crippen molar-refractivity contribution in [2.45, 2.75) is 31.3 Å². The van der Waals surface area contributed by atoms with Crippen LogP contribution in [0.1, 0.15) is 25.7 Å². The van der Waals surface area contributed by atoms with Gasteiger partial charge in [0.15, 0.2) is 0 Å². The molecule has 13 heavy (non-hydrogen) atoms. The standard InChI is InChI=1S/C7H13O5P/c8-7(9)5-3-1-2-4-6(5)13(10,11)12/h5-6H,1-4H2,(H,8,9)(H2,10,11,12)/t5-,6-/m0/s1. The first-order valence-corrected chi connectivity index (χ1v) is 5.89. The van der Waals surface area contributed by atoms with Gasteiger partial charge in [0.1, 0.15) is 0 Å². The van der Waals surface area contributed by atoms with Crippen LogP contribution < -0.4 is 0 Å². The Bertz CT molecular complexity index is 245. The SMILES string of the molecule is O=C(O)[C@H]1CCCC[C@@H]1P(=O)(O)O. The van der Waals surface area contributed by atoms with Crippen molar-refractivity contribution in [1.82, 2.24) is 0 Å². The van der Waals surface area contributed by atoms with Crippen molar-refractivity contribution in [1.29, 1.82) is 0 Å². The molecule has 0 amide bonds. The maximum absolute atomic E-state index is 10.9. The van der Waals surface area contributed by atoms with Gasteiger partial charge in [0.05, 0.1) is 11.6 Å². The van der Waals surface area contributed by atoms with E-state index in [-0.39, 0.29) is 0 Å². The van der Waals surface area contributed by atoms with Crippen LogP contribution in [0.2, 0.25) is 0 Å². The summed E-state index contributed by atoms with van der Waals surface area (Å²) in [5, 5.41) is 8.73. The molecule has 0 saturated heterocycles. The van der Waals surface area contributed by atoms with Gasteiger partial charge in [-0.05, 0) is 12.8 Å². The number of rotatable bonds is 2. The van der Waals surface area contributed by atoms with E-state index in [1.54, 1.807) is 0 Å². The maximum atomic E-state index is 10.9. The van der Waals surface area contributed by atoms with Gasteiger partial charge in [0.2, 0.25) is 0 Å². The van der Waals surface area contributed by atoms with Gasteiger partial charge in [0, 0.05) is 0 Å². The van der Waals surface area contributed by atoms with Crippen LogP contribution in [0, 0.1) is 5.92 Å². The van der Waals surface area contributed by atoms with E-state index < -0.39 is 25.1 Å². The minimum atomic E-state index is -4.23. The molecule has 1 rings (SSSR count). The molecular formula is C7H13O5P. The molecule has 5 nitrogen and oxygen atoms in total. The molecule has 0 spiro atoms. The van der Waals surface area contributed by atoms with Crippen LogP contribution in [0.4, 0.5) is 0 Å². The molecule has 0 unspecified atom stereocenters. The summed E-state index contributed by atoms with van der Waals surface area (Å²) >= 11 is 0. The van der Waals surface area contributed by atoms with Crippen molar-refractivity contribution < 1.29 is 24.3 Å². The van der Waals surface area contributed by atoms with Crippen LogP contribution in [0.15, 0.2) is 0 Å². The van der Waals surface area contributed by atoms with Crippen LogP contribution in [0.25, 0.3) is 0 Å². The van der Waals surface area contributed by atoms with Gasteiger partial charge in [-0.15, -0.1) is 0 Å². The third-order valence-electron chi connectivity index (χ3n) is 2.48. The first-order valence-electron chi connectivity index (χ1n) is 4.21. The summed E-state index contributed by atoms with van der Waals surface area (Å²) in [5.41, 5.74) is -0.973. The lowest BCUT2D eigenvalue weighted by molar-refractivity contribution is -0.142. The highest BCUT2D eigenvalue weighted by Crippen LogP contribution is 2.50. The summed E-state index contributed by atoms with van der Waals surface area (Å²) in [6.07, 6.45) is 2.15. The van der Waals surface area contributed by atoms with Gasteiger partial charge >= 0.3 is 13.6 Å². The van der Waals surface area contributed by atoms with Crippen LogP contribution in [-0.4, -0.2) is 26.5 Å². The van der Waals surface area contributed by atoms with Crippen molar-refractivity contribution in [2.75, 3.05) is 0 Å². The minimum absolute atomic E-state index is 0.321. The van der Waals surface area contributed by atoms with Gasteiger partial charge < -0.3 is 14.9 Å². The van der Waals surface area contributed by atoms with Crippen LogP contribution in [-0.2, 0) is 9.36 Å². The number of carboxylic acids is 1. The van der Waals surface area contributed by atoms with Crippen molar-refractivity contribution in [3.05, 3.63) is 0 Å². The minimum Gasteiger partial charge on any atom is -0.481 e. The van der Waals surface area contributed by atoms with E-state index in [4.69, 9.17) is 14.9 Å². The molecule has 0 aromatic carbocycles. The second-order valence-corrected chi connectivity index (χ2v) is 5.23. The van der Waals surface area contributed by atoms with Gasteiger partial charge in [0.25, 0.3) is 0 Å². The van der Waals surface area contributed by atoms with Crippen LogP contribution >= 0.6 is 7.60 Å². The summed E-state index contributed by atoms with van der Waals surface area (Å²) < 4.78 is 10.9. The second-order valence-electron chi connectivity index (χ2n) is 3.39. The Morgan fingerprint density at radius 2 is 1.77 bits per heavy atom. The van der Waals surface area contributed by atoms with E-state index in [0.717, 1.165) is 6.42 Å². The summed E-state index contributed by atoms with van der Waals surface area (Å²) in [7, 11) is -4.23. The fraction of sp³-hybridized carbons (Fsp3) is 0.857. The molecular weight excluding hydrogens is 195 g/mol. The zero-order valence-electron chi connectivity index (χ0n) is 7.09. The average Bonchev–Trinajstić information content (AvgIpc) is 2.03. The molecule has 0 heterocycles. The molecule has 0 bridgehead atoms. The lowest BCUT2D eigenvalue weighted by Gasteiger charge is -2.28. The highest BCUT2D eigenvalue weighted by molar-refractivity contribution is 7.52. The van der Waals surface area contributed by atoms with E-state index in [2.05, 4.69) is 0 Å². The van der Waals surface area contributed by atoms with Crippen molar-refractivity contribution >= 4 is 13.6 Å². The molecule has 1 fully saturated rings. The fourth-order valence-corrected chi connectivity index (χ4v) is 3.07. The second kappa shape index (κ2) is 3.78. The highest BCUT2D eigenvalue weighted by Gasteiger charge is 2.41. The third kappa shape index (κ3) is 2.53. The third-order valence-corrected chi connectivity index (χ3v) is 3.96. The molecule has 0 aliphatic heterocycles. The van der Waals surface area contributed by atoms with Gasteiger partial charge in [-0.1, -0.05) is 12.8 Å². The van der Waals surface area contributed by atoms with E-state index in [1.165, 1.54) is 0 Å². The Hall–Kier alpha value is -0.380. The quantitative estimate of drug-likeness (QED) is 0.583. The smallest absolute Gasteiger partial charge is 0.329 e. The Kier molecular flexibility index (Phi) is 3.11. The number of carbonyl (C=O) groups is 1. The Morgan fingerprint density at radius 1 is 1.23 bits per heavy atom. The van der Waals surface area contributed by atoms with Crippen molar-refractivity contribution in [3.8, 4) is 0 Å². The predicted octanol–water partition coefficient (Wildman–Crippen LogP) is 0.807. The van der Waals surface area contributed by atoms with Crippen molar-refractivity contribution in [3.63, 3.8) is 0 Å². The lowest BCUT2D eigenvalue weighted by Crippen LogP contribution is -2.31. The van der Waals surface area contributed by atoms with E-state index in [0.29, 0.717) is 19.3 Å². The molecule has 0 aromatic rings. The van der Waals surface area contributed by atoms with E-state index >= 15 is 0 Å². The summed E-state index contributed by atoms with van der Waals surface area (Å²) in [6, 6.07) is 0. The average molecular weight is 208 g/mol. The Balaban J connectivity index is 2.79. The Labute approximate surface area is 75.9 Å². The molecule has 1 aliphatic rings. The molecule has 0 radical (unpaired) electrons. The van der Waals surface area contributed by atoms with Crippen LogP contribution in [0.3, 0.4) is 0 Å². The topological polar surface area (TPSA) is 94.8 Å². The lowest BCUT2D eigenvalue weighted by atomic mass is 9.89. The number of carboxylic acid groups (broad SMARTS) is 1. The van der Waals surface area contributed by atoms with Crippen LogP contribution in [0.5, 0.6) is 0 Å². The molecule has 0 aromatic heterocycles. The normalized spacial score (nSPS) is 30.0. The van der Waals surface area contributed by atoms with Gasteiger partial charge in [-0.25, -0.2) is 0 Å². The highest BCUT2D eigenvalue weighted by atomic mass is 31.2. The van der Waals surface area contributed by atoms with Gasteiger partial charge in [-0.3, -0.25) is 9.36 Å². The summed E-state index contributed by atoms with van der Waals surface area (Å²) in [6.45, 7) is 0. The summed E-state index contributed by atoms with van der Waals surface area (Å²) in [5.74, 6) is -1.96. The zero-order chi connectivity index (χ0) is 10.1. The first kappa shape index (κ1) is 10.7. The first-order chi connectivity index (χ1) is 5.93. The predicted molar refractivity (Wildman–Crippen MR) is 45.4 cm³/mol. The molecule has 1 aliphatic carbocycles. The number of hydrogen-bond acceptors (Lipinski definition) is 2. The molecule has 76 valence electrons. The monoisotopic (exact) mass is 208 g/mol. The Morgan fingerprint density at radius 3 is 2.15 bits per heavy atom. The zero-order valence-corrected chi connectivity index (χ0v) is 7.98. The number of aliphatic carboxylic acids is 1. The molecule has 3 N–H and O–H groups in total. The van der Waals surface area contributed by atoms with Crippen molar-refractivity contribution in [2.24, 2.45) is 5.92 Å². The summed E-state index contributed by atoms with van der Waals surface area (Å²) in [4.78, 5) is 28.5. The van der Waals surface area contributed by atoms with E-state index in [1.807, 2.05) is 0 Å². The molecule has 2 atom stereocenters. The maximum Gasteiger partial charge on any atom is 0.329 e. The fourth-order valence-electron chi connectivity index (χ4n) is 1.80. The number of hydrogen-bond donors (Lipinski definition) is 3. The van der Waals surface area contributed by atoms with Gasteiger partial charge in [-0.2, -0.15) is 0 Å². The molecule has 6 heteroatoms. The largest absolute Gasteiger partial charge is 0.481 e.